The van der Waals surface area contributed by atoms with Gasteiger partial charge in [-0.05, 0) is 29.8 Å². The molecule has 2 rings (SSSR count). The monoisotopic (exact) mass is 318 g/mol. The molecule has 0 atom stereocenters. The lowest BCUT2D eigenvalue weighted by atomic mass is 10.3. The zero-order valence-corrected chi connectivity index (χ0v) is 10.9. The summed E-state index contributed by atoms with van der Waals surface area (Å²) in [6.07, 6.45) is 1.39. The molecule has 6 heteroatoms. The maximum atomic E-state index is 5.87. The Morgan fingerprint density at radius 1 is 1.25 bits per heavy atom. The number of benzene rings is 1. The maximum absolute atomic E-state index is 5.87. The standard InChI is InChI=1S/C10H5BrCl2N2O/c11-6-2-1-3-7(4-6)16-9-8(12)5-14-10(13)15-9/h1-5H. The van der Waals surface area contributed by atoms with Gasteiger partial charge in [-0.2, -0.15) is 4.98 Å². The number of hydrogen-bond donors (Lipinski definition) is 0. The van der Waals surface area contributed by atoms with Crippen molar-refractivity contribution in [2.24, 2.45) is 0 Å². The van der Waals surface area contributed by atoms with Gasteiger partial charge < -0.3 is 4.74 Å². The Bertz CT molecular complexity index is 522. The first-order valence-corrected chi connectivity index (χ1v) is 5.81. The fourth-order valence-electron chi connectivity index (χ4n) is 1.04. The van der Waals surface area contributed by atoms with Crippen LogP contribution in [0.3, 0.4) is 0 Å². The fraction of sp³-hybridized carbons (Fsp3) is 0. The van der Waals surface area contributed by atoms with Gasteiger partial charge in [-0.1, -0.05) is 33.6 Å². The Labute approximate surface area is 111 Å². The van der Waals surface area contributed by atoms with Crippen molar-refractivity contribution in [2.75, 3.05) is 0 Å². The van der Waals surface area contributed by atoms with E-state index in [0.717, 1.165) is 4.47 Å². The van der Waals surface area contributed by atoms with Gasteiger partial charge in [0.2, 0.25) is 11.2 Å². The molecule has 0 amide bonds. The minimum atomic E-state index is 0.0920. The molecule has 0 spiro atoms. The largest absolute Gasteiger partial charge is 0.437 e. The fourth-order valence-corrected chi connectivity index (χ4v) is 1.68. The summed E-state index contributed by atoms with van der Waals surface area (Å²) < 4.78 is 6.38. The third-order valence-electron chi connectivity index (χ3n) is 1.69. The summed E-state index contributed by atoms with van der Waals surface area (Å²) in [5.41, 5.74) is 0. The van der Waals surface area contributed by atoms with Gasteiger partial charge >= 0.3 is 0 Å². The molecule has 0 N–H and O–H groups in total. The van der Waals surface area contributed by atoms with Crippen molar-refractivity contribution in [2.45, 2.75) is 0 Å². The highest BCUT2D eigenvalue weighted by molar-refractivity contribution is 9.10. The van der Waals surface area contributed by atoms with Crippen LogP contribution in [0.15, 0.2) is 34.9 Å². The van der Waals surface area contributed by atoms with Crippen molar-refractivity contribution in [3.63, 3.8) is 0 Å². The van der Waals surface area contributed by atoms with E-state index in [1.807, 2.05) is 12.1 Å². The summed E-state index contributed by atoms with van der Waals surface area (Å²) in [4.78, 5) is 7.61. The van der Waals surface area contributed by atoms with Gasteiger partial charge in [-0.15, -0.1) is 0 Å². The molecule has 1 aromatic carbocycles. The minimum absolute atomic E-state index is 0.0920. The summed E-state index contributed by atoms with van der Waals surface area (Å²) in [5, 5.41) is 0.402. The third kappa shape index (κ3) is 2.84. The first kappa shape index (κ1) is 11.6. The topological polar surface area (TPSA) is 35.0 Å². The molecular weight excluding hydrogens is 315 g/mol. The van der Waals surface area contributed by atoms with Crippen molar-refractivity contribution in [3.8, 4) is 11.6 Å². The van der Waals surface area contributed by atoms with Crippen LogP contribution in [0.5, 0.6) is 11.6 Å². The number of halogens is 3. The second kappa shape index (κ2) is 4.99. The molecule has 0 aliphatic carbocycles. The average Bonchev–Trinajstić information content (AvgIpc) is 2.24. The van der Waals surface area contributed by atoms with Crippen molar-refractivity contribution in [1.29, 1.82) is 0 Å². The van der Waals surface area contributed by atoms with E-state index in [1.165, 1.54) is 6.20 Å². The van der Waals surface area contributed by atoms with Crippen LogP contribution >= 0.6 is 39.1 Å². The number of nitrogens with zero attached hydrogens (tertiary/aromatic N) is 2. The van der Waals surface area contributed by atoms with E-state index in [-0.39, 0.29) is 11.2 Å². The van der Waals surface area contributed by atoms with Crippen molar-refractivity contribution < 1.29 is 4.74 Å². The van der Waals surface area contributed by atoms with Gasteiger partial charge in [0, 0.05) is 4.47 Å². The first-order chi connectivity index (χ1) is 7.65. The zero-order valence-electron chi connectivity index (χ0n) is 7.82. The molecule has 0 bridgehead atoms. The van der Waals surface area contributed by atoms with Crippen LogP contribution in [-0.4, -0.2) is 9.97 Å². The van der Waals surface area contributed by atoms with Crippen LogP contribution in [0, 0.1) is 0 Å². The lowest BCUT2D eigenvalue weighted by Crippen LogP contribution is -1.91. The highest BCUT2D eigenvalue weighted by atomic mass is 79.9. The number of ether oxygens (including phenoxy) is 1. The highest BCUT2D eigenvalue weighted by Gasteiger charge is 2.06. The number of aromatic nitrogens is 2. The zero-order chi connectivity index (χ0) is 11.5. The highest BCUT2D eigenvalue weighted by Crippen LogP contribution is 2.28. The maximum Gasteiger partial charge on any atom is 0.242 e. The lowest BCUT2D eigenvalue weighted by Gasteiger charge is -2.06. The Morgan fingerprint density at radius 3 is 2.81 bits per heavy atom. The van der Waals surface area contributed by atoms with Crippen molar-refractivity contribution in [1.82, 2.24) is 9.97 Å². The summed E-state index contributed by atoms with van der Waals surface area (Å²) in [5.74, 6) is 0.853. The lowest BCUT2D eigenvalue weighted by molar-refractivity contribution is 0.461. The van der Waals surface area contributed by atoms with E-state index in [4.69, 9.17) is 27.9 Å². The van der Waals surface area contributed by atoms with Gasteiger partial charge in [0.15, 0.2) is 0 Å². The normalized spacial score (nSPS) is 10.2. The molecular formula is C10H5BrCl2N2O. The van der Waals surface area contributed by atoms with E-state index in [1.54, 1.807) is 12.1 Å². The molecule has 3 nitrogen and oxygen atoms in total. The summed E-state index contributed by atoms with van der Waals surface area (Å²) in [6.45, 7) is 0. The minimum Gasteiger partial charge on any atom is -0.437 e. The predicted octanol–water partition coefficient (Wildman–Crippen LogP) is 4.34. The second-order valence-electron chi connectivity index (χ2n) is 2.85. The summed E-state index contributed by atoms with van der Waals surface area (Å²) >= 11 is 14.8. The Balaban J connectivity index is 2.30. The molecule has 16 heavy (non-hydrogen) atoms. The predicted molar refractivity (Wildman–Crippen MR) is 66.3 cm³/mol. The molecule has 1 aromatic heterocycles. The molecule has 0 unspecified atom stereocenters. The number of hydrogen-bond acceptors (Lipinski definition) is 3. The SMILES string of the molecule is Clc1ncc(Cl)c(Oc2cccc(Br)c2)n1. The molecule has 0 saturated carbocycles. The molecule has 0 radical (unpaired) electrons. The van der Waals surface area contributed by atoms with E-state index in [2.05, 4.69) is 25.9 Å². The van der Waals surface area contributed by atoms with Gasteiger partial charge in [-0.25, -0.2) is 4.98 Å². The Hall–Kier alpha value is -0.840. The second-order valence-corrected chi connectivity index (χ2v) is 4.51. The third-order valence-corrected chi connectivity index (χ3v) is 2.63. The molecule has 0 saturated heterocycles. The van der Waals surface area contributed by atoms with E-state index < -0.39 is 0 Å². The van der Waals surface area contributed by atoms with Gasteiger partial charge in [0.05, 0.1) is 6.20 Å². The van der Waals surface area contributed by atoms with Gasteiger partial charge in [-0.3, -0.25) is 0 Å². The molecule has 0 aliphatic rings. The van der Waals surface area contributed by atoms with Gasteiger partial charge in [0.1, 0.15) is 10.8 Å². The van der Waals surface area contributed by atoms with Crippen LogP contribution in [0.4, 0.5) is 0 Å². The van der Waals surface area contributed by atoms with Crippen LogP contribution in [0.25, 0.3) is 0 Å². The molecule has 82 valence electrons. The number of rotatable bonds is 2. The van der Waals surface area contributed by atoms with Crippen LogP contribution < -0.4 is 4.74 Å². The van der Waals surface area contributed by atoms with E-state index in [9.17, 15) is 0 Å². The van der Waals surface area contributed by atoms with Crippen LogP contribution in [0.2, 0.25) is 10.3 Å². The molecule has 2 aromatic rings. The first-order valence-electron chi connectivity index (χ1n) is 4.26. The Kier molecular flexibility index (Phi) is 3.63. The van der Waals surface area contributed by atoms with E-state index in [0.29, 0.717) is 10.8 Å². The quantitative estimate of drug-likeness (QED) is 0.772. The smallest absolute Gasteiger partial charge is 0.242 e. The Morgan fingerprint density at radius 2 is 2.06 bits per heavy atom. The van der Waals surface area contributed by atoms with Crippen molar-refractivity contribution in [3.05, 3.63) is 45.2 Å². The molecule has 0 fully saturated rings. The van der Waals surface area contributed by atoms with Gasteiger partial charge in [0.25, 0.3) is 0 Å². The van der Waals surface area contributed by atoms with Crippen LogP contribution in [-0.2, 0) is 0 Å². The summed E-state index contributed by atoms with van der Waals surface area (Å²) in [7, 11) is 0. The van der Waals surface area contributed by atoms with E-state index >= 15 is 0 Å². The molecule has 0 aliphatic heterocycles. The summed E-state index contributed by atoms with van der Waals surface area (Å²) in [6, 6.07) is 7.32. The van der Waals surface area contributed by atoms with Crippen LogP contribution in [0.1, 0.15) is 0 Å². The van der Waals surface area contributed by atoms with Crippen molar-refractivity contribution >= 4 is 39.1 Å². The molecule has 1 heterocycles. The average molecular weight is 320 g/mol.